The molecule has 0 radical (unpaired) electrons. The largest absolute Gasteiger partial charge is 0.383 e. The fraction of sp³-hybridized carbons (Fsp3) is 0.923. The van der Waals surface area contributed by atoms with Crippen molar-refractivity contribution < 1.29 is 9.53 Å². The Morgan fingerprint density at radius 1 is 1.39 bits per heavy atom. The predicted molar refractivity (Wildman–Crippen MR) is 72.6 cm³/mol. The van der Waals surface area contributed by atoms with Crippen molar-refractivity contribution in [2.75, 3.05) is 53.0 Å². The molecule has 2 N–H and O–H groups in total. The summed E-state index contributed by atoms with van der Waals surface area (Å²) in [6.07, 6.45) is 2.36. The first-order chi connectivity index (χ1) is 8.76. The molecule has 1 aliphatic heterocycles. The lowest BCUT2D eigenvalue weighted by atomic mass is 9.97. The molecule has 0 aromatic heterocycles. The minimum absolute atomic E-state index is 0.147. The zero-order valence-corrected chi connectivity index (χ0v) is 11.7. The first-order valence-electron chi connectivity index (χ1n) is 6.95. The minimum Gasteiger partial charge on any atom is -0.383 e. The molecule has 5 heteroatoms. The van der Waals surface area contributed by atoms with Gasteiger partial charge >= 0.3 is 0 Å². The summed E-state index contributed by atoms with van der Waals surface area (Å²) in [6, 6.07) is 0. The van der Waals surface area contributed by atoms with Gasteiger partial charge in [-0.15, -0.1) is 0 Å². The molecule has 0 saturated carbocycles. The SMILES string of the molecule is CCNC(=O)CN1CCC(CNCCOC)CC1. The highest BCUT2D eigenvalue weighted by atomic mass is 16.5. The van der Waals surface area contributed by atoms with Crippen LogP contribution in [-0.2, 0) is 9.53 Å². The van der Waals surface area contributed by atoms with Crippen LogP contribution in [0.2, 0.25) is 0 Å². The van der Waals surface area contributed by atoms with Crippen molar-refractivity contribution in [3.05, 3.63) is 0 Å². The maximum atomic E-state index is 11.5. The highest BCUT2D eigenvalue weighted by Gasteiger charge is 2.20. The van der Waals surface area contributed by atoms with Gasteiger partial charge in [-0.3, -0.25) is 9.69 Å². The molecule has 0 atom stereocenters. The van der Waals surface area contributed by atoms with E-state index in [0.717, 1.165) is 45.2 Å². The Kier molecular flexibility index (Phi) is 7.96. The molecule has 1 saturated heterocycles. The quantitative estimate of drug-likeness (QED) is 0.604. The number of carbonyl (C=O) groups excluding carboxylic acids is 1. The second kappa shape index (κ2) is 9.30. The summed E-state index contributed by atoms with van der Waals surface area (Å²) in [5.74, 6) is 0.890. The number of rotatable bonds is 8. The van der Waals surface area contributed by atoms with Crippen LogP contribution in [-0.4, -0.2) is 63.8 Å². The van der Waals surface area contributed by atoms with Gasteiger partial charge in [0.05, 0.1) is 13.2 Å². The molecule has 1 aliphatic rings. The lowest BCUT2D eigenvalue weighted by Crippen LogP contribution is -2.43. The number of nitrogens with zero attached hydrogens (tertiary/aromatic N) is 1. The van der Waals surface area contributed by atoms with Crippen LogP contribution in [0.25, 0.3) is 0 Å². The number of piperidine rings is 1. The molecule has 0 spiro atoms. The van der Waals surface area contributed by atoms with E-state index in [1.54, 1.807) is 7.11 Å². The zero-order valence-electron chi connectivity index (χ0n) is 11.7. The van der Waals surface area contributed by atoms with E-state index in [1.807, 2.05) is 6.92 Å². The molecule has 18 heavy (non-hydrogen) atoms. The van der Waals surface area contributed by atoms with Crippen LogP contribution in [0.15, 0.2) is 0 Å². The van der Waals surface area contributed by atoms with Gasteiger partial charge in [0.1, 0.15) is 0 Å². The van der Waals surface area contributed by atoms with Gasteiger partial charge in [0.15, 0.2) is 0 Å². The summed E-state index contributed by atoms with van der Waals surface area (Å²) >= 11 is 0. The average Bonchev–Trinajstić information content (AvgIpc) is 2.37. The van der Waals surface area contributed by atoms with Gasteiger partial charge in [-0.1, -0.05) is 0 Å². The van der Waals surface area contributed by atoms with Crippen molar-refractivity contribution in [3.8, 4) is 0 Å². The average molecular weight is 257 g/mol. The minimum atomic E-state index is 0.147. The van der Waals surface area contributed by atoms with Crippen molar-refractivity contribution in [2.24, 2.45) is 5.92 Å². The van der Waals surface area contributed by atoms with Gasteiger partial charge in [-0.25, -0.2) is 0 Å². The number of likely N-dealkylation sites (N-methyl/N-ethyl adjacent to an activating group) is 1. The number of carbonyl (C=O) groups is 1. The van der Waals surface area contributed by atoms with E-state index in [4.69, 9.17) is 4.74 Å². The fourth-order valence-electron chi connectivity index (χ4n) is 2.29. The number of amides is 1. The van der Waals surface area contributed by atoms with E-state index >= 15 is 0 Å². The normalized spacial score (nSPS) is 17.9. The molecule has 1 heterocycles. The van der Waals surface area contributed by atoms with Crippen LogP contribution < -0.4 is 10.6 Å². The molecule has 1 rings (SSSR count). The van der Waals surface area contributed by atoms with Crippen molar-refractivity contribution in [1.82, 2.24) is 15.5 Å². The van der Waals surface area contributed by atoms with Crippen LogP contribution in [0.5, 0.6) is 0 Å². The molecule has 0 aromatic carbocycles. The van der Waals surface area contributed by atoms with Crippen LogP contribution in [0, 0.1) is 5.92 Å². The van der Waals surface area contributed by atoms with Gasteiger partial charge in [-0.2, -0.15) is 0 Å². The van der Waals surface area contributed by atoms with Gasteiger partial charge in [0.25, 0.3) is 0 Å². The third-order valence-electron chi connectivity index (χ3n) is 3.36. The van der Waals surface area contributed by atoms with Crippen molar-refractivity contribution >= 4 is 5.91 Å². The molecule has 1 fully saturated rings. The van der Waals surface area contributed by atoms with E-state index in [2.05, 4.69) is 15.5 Å². The maximum Gasteiger partial charge on any atom is 0.234 e. The molecule has 106 valence electrons. The molecular formula is C13H27N3O2. The first kappa shape index (κ1) is 15.4. The van der Waals surface area contributed by atoms with Crippen molar-refractivity contribution in [3.63, 3.8) is 0 Å². The van der Waals surface area contributed by atoms with E-state index in [0.29, 0.717) is 6.54 Å². The number of nitrogens with one attached hydrogen (secondary N) is 2. The van der Waals surface area contributed by atoms with Gasteiger partial charge in [0, 0.05) is 20.2 Å². The summed E-state index contributed by atoms with van der Waals surface area (Å²) in [7, 11) is 1.72. The number of ether oxygens (including phenoxy) is 1. The number of hydrogen-bond donors (Lipinski definition) is 2. The number of hydrogen-bond acceptors (Lipinski definition) is 4. The monoisotopic (exact) mass is 257 g/mol. The third-order valence-corrected chi connectivity index (χ3v) is 3.36. The first-order valence-corrected chi connectivity index (χ1v) is 6.95. The van der Waals surface area contributed by atoms with Gasteiger partial charge in [0.2, 0.25) is 5.91 Å². The standard InChI is InChI=1S/C13H27N3O2/c1-3-15-13(17)11-16-7-4-12(5-8-16)10-14-6-9-18-2/h12,14H,3-11H2,1-2H3,(H,15,17). The Morgan fingerprint density at radius 2 is 2.11 bits per heavy atom. The van der Waals surface area contributed by atoms with Crippen LogP contribution in [0.4, 0.5) is 0 Å². The molecule has 5 nitrogen and oxygen atoms in total. The molecule has 0 aliphatic carbocycles. The summed E-state index contributed by atoms with van der Waals surface area (Å²) < 4.78 is 5.00. The summed E-state index contributed by atoms with van der Waals surface area (Å²) in [5, 5.41) is 6.25. The van der Waals surface area contributed by atoms with Crippen LogP contribution in [0.3, 0.4) is 0 Å². The van der Waals surface area contributed by atoms with Gasteiger partial charge < -0.3 is 15.4 Å². The smallest absolute Gasteiger partial charge is 0.234 e. The topological polar surface area (TPSA) is 53.6 Å². The Morgan fingerprint density at radius 3 is 2.72 bits per heavy atom. The van der Waals surface area contributed by atoms with E-state index in [-0.39, 0.29) is 5.91 Å². The van der Waals surface area contributed by atoms with Crippen LogP contribution in [0.1, 0.15) is 19.8 Å². The van der Waals surface area contributed by atoms with E-state index < -0.39 is 0 Å². The second-order valence-corrected chi connectivity index (χ2v) is 4.87. The Bertz CT molecular complexity index is 228. The van der Waals surface area contributed by atoms with Crippen molar-refractivity contribution in [1.29, 1.82) is 0 Å². The zero-order chi connectivity index (χ0) is 13.2. The summed E-state index contributed by atoms with van der Waals surface area (Å²) in [5.41, 5.74) is 0. The molecule has 0 bridgehead atoms. The highest BCUT2D eigenvalue weighted by Crippen LogP contribution is 2.15. The summed E-state index contributed by atoms with van der Waals surface area (Å²) in [4.78, 5) is 13.7. The van der Waals surface area contributed by atoms with Crippen molar-refractivity contribution in [2.45, 2.75) is 19.8 Å². The summed E-state index contributed by atoms with van der Waals surface area (Å²) in [6.45, 7) is 8.07. The lowest BCUT2D eigenvalue weighted by molar-refractivity contribution is -0.122. The molecular weight excluding hydrogens is 230 g/mol. The molecule has 0 aromatic rings. The Labute approximate surface area is 110 Å². The van der Waals surface area contributed by atoms with E-state index in [9.17, 15) is 4.79 Å². The van der Waals surface area contributed by atoms with E-state index in [1.165, 1.54) is 12.8 Å². The number of likely N-dealkylation sites (tertiary alicyclic amines) is 1. The van der Waals surface area contributed by atoms with Gasteiger partial charge in [-0.05, 0) is 45.3 Å². The second-order valence-electron chi connectivity index (χ2n) is 4.87. The lowest BCUT2D eigenvalue weighted by Gasteiger charge is -2.31. The van der Waals surface area contributed by atoms with Crippen LogP contribution >= 0.6 is 0 Å². The third kappa shape index (κ3) is 6.33. The highest BCUT2D eigenvalue weighted by molar-refractivity contribution is 5.77. The fourth-order valence-corrected chi connectivity index (χ4v) is 2.29. The molecule has 0 unspecified atom stereocenters. The Balaban J connectivity index is 2.07. The maximum absolute atomic E-state index is 11.5. The molecule has 1 amide bonds. The predicted octanol–water partition coefficient (Wildman–Crippen LogP) is 0.0705. The number of methoxy groups -OCH3 is 1. The Hall–Kier alpha value is -0.650.